The Labute approximate surface area is 79.9 Å². The molecule has 1 amide bonds. The number of amides is 1. The van der Waals surface area contributed by atoms with Crippen molar-refractivity contribution in [3.63, 3.8) is 0 Å². The second-order valence-electron chi connectivity index (χ2n) is 5.45. The van der Waals surface area contributed by atoms with Crippen LogP contribution in [0.15, 0.2) is 0 Å². The van der Waals surface area contributed by atoms with E-state index in [9.17, 15) is 4.79 Å². The first-order chi connectivity index (χ1) is 6.04. The van der Waals surface area contributed by atoms with Crippen molar-refractivity contribution in [3.05, 3.63) is 0 Å². The summed E-state index contributed by atoms with van der Waals surface area (Å²) in [5.74, 6) is -0.106. The van der Waals surface area contributed by atoms with Crippen molar-refractivity contribution in [2.45, 2.75) is 51.9 Å². The van der Waals surface area contributed by atoms with Gasteiger partial charge in [0.05, 0.1) is 0 Å². The number of nitrogens with two attached hydrogens (primary N) is 1. The summed E-state index contributed by atoms with van der Waals surface area (Å²) in [5, 5.41) is 0. The third-order valence-corrected chi connectivity index (χ3v) is 4.33. The highest BCUT2D eigenvalue weighted by atomic mass is 16.1. The van der Waals surface area contributed by atoms with Gasteiger partial charge in [-0.15, -0.1) is 0 Å². The van der Waals surface area contributed by atoms with Crippen LogP contribution in [0.3, 0.4) is 0 Å². The molecule has 2 nitrogen and oxygen atoms in total. The number of hydrogen-bond acceptors (Lipinski definition) is 1. The molecule has 3 aliphatic rings. The van der Waals surface area contributed by atoms with Gasteiger partial charge in [-0.05, 0) is 49.4 Å². The lowest BCUT2D eigenvalue weighted by atomic mass is 9.53. The molecule has 0 unspecified atom stereocenters. The molecule has 0 saturated heterocycles. The number of primary amides is 1. The predicted molar refractivity (Wildman–Crippen MR) is 52.1 cm³/mol. The van der Waals surface area contributed by atoms with E-state index in [4.69, 9.17) is 5.73 Å². The van der Waals surface area contributed by atoms with E-state index in [0.29, 0.717) is 17.3 Å². The quantitative estimate of drug-likeness (QED) is 0.697. The lowest BCUT2D eigenvalue weighted by Gasteiger charge is -2.51. The first-order valence-corrected chi connectivity index (χ1v) is 5.32. The van der Waals surface area contributed by atoms with Gasteiger partial charge in [-0.3, -0.25) is 4.79 Å². The van der Waals surface area contributed by atoms with Gasteiger partial charge in [0.2, 0.25) is 5.91 Å². The average molecular weight is 181 g/mol. The zero-order chi connectivity index (χ0) is 9.53. The van der Waals surface area contributed by atoms with Crippen molar-refractivity contribution in [3.8, 4) is 0 Å². The molecule has 2 heteroatoms. The SMILES string of the molecule is CC12CCC(CC(N)=O)(CC1)CC2. The predicted octanol–water partition coefficient (Wildman–Crippen LogP) is 2.22. The Balaban J connectivity index is 2.07. The topological polar surface area (TPSA) is 43.1 Å². The highest BCUT2D eigenvalue weighted by Crippen LogP contribution is 2.57. The molecule has 74 valence electrons. The maximum absolute atomic E-state index is 11.0. The zero-order valence-electron chi connectivity index (χ0n) is 8.44. The monoisotopic (exact) mass is 181 g/mol. The molecule has 0 aromatic carbocycles. The van der Waals surface area contributed by atoms with Gasteiger partial charge in [0.1, 0.15) is 0 Å². The molecule has 2 N–H and O–H groups in total. The standard InChI is InChI=1S/C11H19NO/c1-10-2-5-11(6-3-10,7-4-10)8-9(12)13/h2-8H2,1H3,(H2,12,13). The summed E-state index contributed by atoms with van der Waals surface area (Å²) >= 11 is 0. The Kier molecular flexibility index (Phi) is 1.90. The van der Waals surface area contributed by atoms with E-state index in [0.717, 1.165) is 0 Å². The van der Waals surface area contributed by atoms with Crippen LogP contribution in [0.5, 0.6) is 0 Å². The lowest BCUT2D eigenvalue weighted by Crippen LogP contribution is -2.41. The fourth-order valence-electron chi connectivity index (χ4n) is 3.09. The Morgan fingerprint density at radius 1 is 1.15 bits per heavy atom. The van der Waals surface area contributed by atoms with Crippen molar-refractivity contribution >= 4 is 5.91 Å². The molecule has 0 aliphatic heterocycles. The van der Waals surface area contributed by atoms with Crippen LogP contribution >= 0.6 is 0 Å². The van der Waals surface area contributed by atoms with Crippen LogP contribution in [0.25, 0.3) is 0 Å². The van der Waals surface area contributed by atoms with E-state index in [1.807, 2.05) is 0 Å². The molecule has 3 fully saturated rings. The maximum Gasteiger partial charge on any atom is 0.217 e. The average Bonchev–Trinajstić information content (AvgIpc) is 2.07. The van der Waals surface area contributed by atoms with E-state index >= 15 is 0 Å². The highest BCUT2D eigenvalue weighted by molar-refractivity contribution is 5.74. The highest BCUT2D eigenvalue weighted by Gasteiger charge is 2.46. The number of hydrogen-bond donors (Lipinski definition) is 1. The summed E-state index contributed by atoms with van der Waals surface area (Å²) in [5.41, 5.74) is 6.20. The summed E-state index contributed by atoms with van der Waals surface area (Å²) in [7, 11) is 0. The van der Waals surface area contributed by atoms with E-state index in [2.05, 4.69) is 6.92 Å². The van der Waals surface area contributed by atoms with E-state index < -0.39 is 0 Å². The van der Waals surface area contributed by atoms with Gasteiger partial charge in [-0.2, -0.15) is 0 Å². The normalized spacial score (nSPS) is 43.5. The molecule has 3 aliphatic carbocycles. The maximum atomic E-state index is 11.0. The van der Waals surface area contributed by atoms with Crippen LogP contribution in [0.1, 0.15) is 51.9 Å². The molecular formula is C11H19NO. The summed E-state index contributed by atoms with van der Waals surface area (Å²) in [4.78, 5) is 11.0. The van der Waals surface area contributed by atoms with Gasteiger partial charge in [-0.25, -0.2) is 0 Å². The summed E-state index contributed by atoms with van der Waals surface area (Å²) in [6.07, 6.45) is 8.23. The zero-order valence-corrected chi connectivity index (χ0v) is 8.44. The Hall–Kier alpha value is -0.530. The number of carbonyl (C=O) groups is 1. The second-order valence-corrected chi connectivity index (χ2v) is 5.45. The third kappa shape index (κ3) is 1.59. The van der Waals surface area contributed by atoms with Crippen molar-refractivity contribution < 1.29 is 4.79 Å². The minimum Gasteiger partial charge on any atom is -0.370 e. The fraction of sp³-hybridized carbons (Fsp3) is 0.909. The largest absolute Gasteiger partial charge is 0.370 e. The van der Waals surface area contributed by atoms with Gasteiger partial charge in [0.25, 0.3) is 0 Å². The van der Waals surface area contributed by atoms with Crippen LogP contribution in [0, 0.1) is 10.8 Å². The summed E-state index contributed by atoms with van der Waals surface area (Å²) in [6.45, 7) is 2.39. The Morgan fingerprint density at radius 3 is 2.00 bits per heavy atom. The molecule has 13 heavy (non-hydrogen) atoms. The number of rotatable bonds is 2. The van der Waals surface area contributed by atoms with Gasteiger partial charge < -0.3 is 5.73 Å². The molecule has 3 rings (SSSR count). The number of fused-ring (bicyclic) bond motifs is 3. The Morgan fingerprint density at radius 2 is 1.62 bits per heavy atom. The molecule has 3 saturated carbocycles. The smallest absolute Gasteiger partial charge is 0.217 e. The van der Waals surface area contributed by atoms with Crippen LogP contribution in [-0.2, 0) is 4.79 Å². The van der Waals surface area contributed by atoms with Crippen molar-refractivity contribution in [2.24, 2.45) is 16.6 Å². The van der Waals surface area contributed by atoms with E-state index in [1.54, 1.807) is 0 Å². The van der Waals surface area contributed by atoms with Crippen LogP contribution in [0.2, 0.25) is 0 Å². The Bertz CT molecular complexity index is 210. The molecule has 0 radical (unpaired) electrons. The van der Waals surface area contributed by atoms with Crippen molar-refractivity contribution in [2.75, 3.05) is 0 Å². The van der Waals surface area contributed by atoms with Gasteiger partial charge in [-0.1, -0.05) is 6.92 Å². The molecule has 0 aromatic heterocycles. The second kappa shape index (κ2) is 2.73. The first-order valence-electron chi connectivity index (χ1n) is 5.32. The van der Waals surface area contributed by atoms with Crippen LogP contribution in [-0.4, -0.2) is 5.91 Å². The fourth-order valence-corrected chi connectivity index (χ4v) is 3.09. The number of carbonyl (C=O) groups excluding carboxylic acids is 1. The molecule has 0 aromatic rings. The molecule has 0 atom stereocenters. The molecule has 0 spiro atoms. The van der Waals surface area contributed by atoms with E-state index in [-0.39, 0.29) is 5.91 Å². The summed E-state index contributed by atoms with van der Waals surface area (Å²) < 4.78 is 0. The minimum absolute atomic E-state index is 0.106. The van der Waals surface area contributed by atoms with Gasteiger partial charge in [0.15, 0.2) is 0 Å². The summed E-state index contributed by atoms with van der Waals surface area (Å²) in [6, 6.07) is 0. The molecule has 0 heterocycles. The van der Waals surface area contributed by atoms with E-state index in [1.165, 1.54) is 38.5 Å². The van der Waals surface area contributed by atoms with Crippen LogP contribution < -0.4 is 5.73 Å². The molecule has 2 bridgehead atoms. The van der Waals surface area contributed by atoms with Crippen molar-refractivity contribution in [1.82, 2.24) is 0 Å². The third-order valence-electron chi connectivity index (χ3n) is 4.33. The minimum atomic E-state index is -0.106. The molecular weight excluding hydrogens is 162 g/mol. The van der Waals surface area contributed by atoms with Gasteiger partial charge in [0, 0.05) is 6.42 Å². The van der Waals surface area contributed by atoms with Gasteiger partial charge >= 0.3 is 0 Å². The van der Waals surface area contributed by atoms with Crippen molar-refractivity contribution in [1.29, 1.82) is 0 Å². The lowest BCUT2D eigenvalue weighted by molar-refractivity contribution is -0.123. The first kappa shape index (κ1) is 9.04. The van der Waals surface area contributed by atoms with Crippen LogP contribution in [0.4, 0.5) is 0 Å².